The summed E-state index contributed by atoms with van der Waals surface area (Å²) in [6.45, 7) is 6.94. The number of anilines is 2. The molecule has 3 aromatic rings. The minimum Gasteiger partial charge on any atom is -0.402 e. The van der Waals surface area contributed by atoms with Crippen molar-refractivity contribution in [3.05, 3.63) is 29.3 Å². The molecule has 2 N–H and O–H groups in total. The number of hydrogen-bond acceptors (Lipinski definition) is 6. The maximum absolute atomic E-state index is 12.9. The van der Waals surface area contributed by atoms with Gasteiger partial charge in [-0.1, -0.05) is 25.9 Å². The van der Waals surface area contributed by atoms with E-state index in [1.54, 1.807) is 12.1 Å². The molecule has 202 valence electrons. The third-order valence-electron chi connectivity index (χ3n) is 9.80. The number of fused-ring (bicyclic) bond motifs is 1. The van der Waals surface area contributed by atoms with Gasteiger partial charge in [-0.2, -0.15) is 13.2 Å². The highest BCUT2D eigenvalue weighted by atomic mass is 19.4. The Labute approximate surface area is 220 Å². The first kappa shape index (κ1) is 24.2. The fourth-order valence-electron chi connectivity index (χ4n) is 8.63. The second kappa shape index (κ2) is 7.85. The highest BCUT2D eigenvalue weighted by molar-refractivity contribution is 5.90. The maximum Gasteiger partial charge on any atom is 0.405 e. The van der Waals surface area contributed by atoms with Crippen LogP contribution >= 0.6 is 0 Å². The minimum atomic E-state index is -4.30. The molecule has 6 nitrogen and oxygen atoms in total. The molecule has 0 saturated heterocycles. The summed E-state index contributed by atoms with van der Waals surface area (Å²) in [6.07, 6.45) is 2.22. The SMILES string of the molecule is Cc1cc(-c2nnc(NC34CC5CC6CC(C3)C5C4C6)o2)nc2c(C(C)(C)C)cc(NCC(F)(F)F)cc12. The van der Waals surface area contributed by atoms with Crippen molar-refractivity contribution in [1.82, 2.24) is 15.2 Å². The molecule has 2 heterocycles. The first-order chi connectivity index (χ1) is 17.9. The van der Waals surface area contributed by atoms with E-state index in [4.69, 9.17) is 9.40 Å². The molecule has 0 aliphatic heterocycles. The van der Waals surface area contributed by atoms with Gasteiger partial charge in [-0.3, -0.25) is 0 Å². The molecule has 3 unspecified atom stereocenters. The lowest BCUT2D eigenvalue weighted by Gasteiger charge is -2.44. The quantitative estimate of drug-likeness (QED) is 0.370. The van der Waals surface area contributed by atoms with E-state index in [2.05, 4.69) is 20.8 Å². The van der Waals surface area contributed by atoms with E-state index in [-0.39, 0.29) is 11.0 Å². The highest BCUT2D eigenvalue weighted by Crippen LogP contribution is 2.70. The number of benzene rings is 1. The Kier molecular flexibility index (Phi) is 5.00. The standard InChI is InChI=1S/C29H34F3N5O/c1-14-5-22(34-24-19(14)9-18(33-13-29(30,31)32)10-21(24)27(2,3)4)25-36-37-26(38-25)35-28-11-16-6-15-7-17(12-28)23(16)20(28)8-15/h5,9-10,15-17,20,23,33H,6-8,11-13H2,1-4H3,(H,35,37). The zero-order chi connectivity index (χ0) is 26.6. The lowest BCUT2D eigenvalue weighted by atomic mass is 9.61. The number of nitrogens with one attached hydrogen (secondary N) is 2. The molecule has 6 bridgehead atoms. The molecule has 8 rings (SSSR count). The van der Waals surface area contributed by atoms with Gasteiger partial charge in [0.25, 0.3) is 5.89 Å². The lowest BCUT2D eigenvalue weighted by Crippen LogP contribution is -2.39. The Morgan fingerprint density at radius 3 is 2.42 bits per heavy atom. The smallest absolute Gasteiger partial charge is 0.402 e. The number of pyridine rings is 1. The fourth-order valence-corrected chi connectivity index (χ4v) is 8.63. The van der Waals surface area contributed by atoms with Gasteiger partial charge in [0.15, 0.2) is 0 Å². The van der Waals surface area contributed by atoms with E-state index in [1.807, 2.05) is 33.8 Å². The van der Waals surface area contributed by atoms with Crippen LogP contribution in [-0.2, 0) is 5.41 Å². The van der Waals surface area contributed by atoms with Gasteiger partial charge in [-0.25, -0.2) is 4.98 Å². The van der Waals surface area contributed by atoms with Gasteiger partial charge in [0.1, 0.15) is 12.2 Å². The third-order valence-corrected chi connectivity index (χ3v) is 9.80. The number of aromatic nitrogens is 3. The van der Waals surface area contributed by atoms with Crippen molar-refractivity contribution in [3.8, 4) is 11.6 Å². The normalized spacial score (nSPS) is 31.5. The van der Waals surface area contributed by atoms with Crippen molar-refractivity contribution in [2.75, 3.05) is 17.2 Å². The van der Waals surface area contributed by atoms with E-state index in [1.165, 1.54) is 32.1 Å². The summed E-state index contributed by atoms with van der Waals surface area (Å²) in [5.74, 6) is 4.53. The molecule has 2 aromatic heterocycles. The van der Waals surface area contributed by atoms with Crippen LogP contribution in [0.25, 0.3) is 22.5 Å². The molecule has 0 radical (unpaired) electrons. The van der Waals surface area contributed by atoms with E-state index >= 15 is 0 Å². The summed E-state index contributed by atoms with van der Waals surface area (Å²) >= 11 is 0. The van der Waals surface area contributed by atoms with Gasteiger partial charge >= 0.3 is 12.2 Å². The van der Waals surface area contributed by atoms with Crippen molar-refractivity contribution >= 4 is 22.6 Å². The van der Waals surface area contributed by atoms with Crippen LogP contribution < -0.4 is 10.6 Å². The summed E-state index contributed by atoms with van der Waals surface area (Å²) in [5.41, 5.74) is 3.23. The van der Waals surface area contributed by atoms with E-state index in [9.17, 15) is 13.2 Å². The number of aryl methyl sites for hydroxylation is 1. The average Bonchev–Trinajstić information content (AvgIpc) is 3.43. The van der Waals surface area contributed by atoms with E-state index < -0.39 is 12.7 Å². The zero-order valence-electron chi connectivity index (χ0n) is 22.2. The summed E-state index contributed by atoms with van der Waals surface area (Å²) in [4.78, 5) is 4.91. The second-order valence-electron chi connectivity index (χ2n) is 13.3. The van der Waals surface area contributed by atoms with Crippen LogP contribution in [0, 0.1) is 36.5 Å². The third kappa shape index (κ3) is 3.79. The first-order valence-electron chi connectivity index (χ1n) is 13.8. The molecule has 3 atom stereocenters. The van der Waals surface area contributed by atoms with E-state index in [0.717, 1.165) is 51.6 Å². The predicted molar refractivity (Wildman–Crippen MR) is 140 cm³/mol. The Morgan fingerprint density at radius 2 is 1.76 bits per heavy atom. The molecule has 5 aliphatic carbocycles. The Morgan fingerprint density at radius 1 is 1.03 bits per heavy atom. The van der Waals surface area contributed by atoms with Crippen molar-refractivity contribution in [3.63, 3.8) is 0 Å². The van der Waals surface area contributed by atoms with Crippen molar-refractivity contribution in [2.45, 2.75) is 76.9 Å². The topological polar surface area (TPSA) is 75.9 Å². The molecule has 38 heavy (non-hydrogen) atoms. The monoisotopic (exact) mass is 525 g/mol. The second-order valence-corrected chi connectivity index (χ2v) is 13.3. The molecule has 0 amide bonds. The van der Waals surface area contributed by atoms with Crippen LogP contribution in [0.15, 0.2) is 22.6 Å². The van der Waals surface area contributed by atoms with Crippen LogP contribution in [0.1, 0.15) is 64.0 Å². The van der Waals surface area contributed by atoms with Crippen molar-refractivity contribution in [1.29, 1.82) is 0 Å². The zero-order valence-corrected chi connectivity index (χ0v) is 22.2. The summed E-state index contributed by atoms with van der Waals surface area (Å²) < 4.78 is 44.8. The predicted octanol–water partition coefficient (Wildman–Crippen LogP) is 7.10. The number of rotatable bonds is 5. The number of nitrogens with zero attached hydrogens (tertiary/aromatic N) is 3. The minimum absolute atomic E-state index is 0.0843. The van der Waals surface area contributed by atoms with Crippen LogP contribution in [0.2, 0.25) is 0 Å². The van der Waals surface area contributed by atoms with Crippen LogP contribution in [0.3, 0.4) is 0 Å². The van der Waals surface area contributed by atoms with Crippen molar-refractivity contribution in [2.24, 2.45) is 29.6 Å². The first-order valence-corrected chi connectivity index (χ1v) is 13.8. The molecule has 0 spiro atoms. The summed E-state index contributed by atoms with van der Waals surface area (Å²) in [7, 11) is 0. The Bertz CT molecular complexity index is 1410. The lowest BCUT2D eigenvalue weighted by molar-refractivity contribution is -0.115. The largest absolute Gasteiger partial charge is 0.405 e. The fraction of sp³-hybridized carbons (Fsp3) is 0.621. The Balaban J connectivity index is 1.21. The van der Waals surface area contributed by atoms with Crippen molar-refractivity contribution < 1.29 is 17.6 Å². The summed E-state index contributed by atoms with van der Waals surface area (Å²) in [5, 5.41) is 15.8. The van der Waals surface area contributed by atoms with Gasteiger partial charge in [0.05, 0.1) is 5.52 Å². The van der Waals surface area contributed by atoms with Gasteiger partial charge in [-0.05, 0) is 103 Å². The molecule has 5 fully saturated rings. The van der Waals surface area contributed by atoms with Gasteiger partial charge in [0.2, 0.25) is 0 Å². The molecule has 1 aromatic carbocycles. The van der Waals surface area contributed by atoms with Crippen LogP contribution in [0.5, 0.6) is 0 Å². The highest BCUT2D eigenvalue weighted by Gasteiger charge is 2.67. The van der Waals surface area contributed by atoms with Gasteiger partial charge < -0.3 is 15.1 Å². The summed E-state index contributed by atoms with van der Waals surface area (Å²) in [6, 6.07) is 5.85. The van der Waals surface area contributed by atoms with Crippen LogP contribution in [-0.4, -0.2) is 33.4 Å². The van der Waals surface area contributed by atoms with E-state index in [0.29, 0.717) is 23.3 Å². The maximum atomic E-state index is 12.9. The van der Waals surface area contributed by atoms with Gasteiger partial charge in [-0.15, -0.1) is 5.10 Å². The molecule has 9 heteroatoms. The van der Waals surface area contributed by atoms with Crippen LogP contribution in [0.4, 0.5) is 24.9 Å². The molecular formula is C29H34F3N5O. The number of halogens is 3. The molecule has 5 saturated carbocycles. The number of hydrogen-bond donors (Lipinski definition) is 2. The average molecular weight is 526 g/mol. The molecular weight excluding hydrogens is 491 g/mol. The van der Waals surface area contributed by atoms with Gasteiger partial charge in [0, 0.05) is 16.6 Å². The molecule has 5 aliphatic rings. The number of alkyl halides is 3. The Hall–Kier alpha value is -2.84.